The number of nitrogens with one attached hydrogen (secondary N) is 1. The Hall–Kier alpha value is -1.93. The second kappa shape index (κ2) is 8.50. The molecule has 1 aromatic carbocycles. The normalized spacial score (nSPS) is 11.1. The van der Waals surface area contributed by atoms with Gasteiger partial charge in [0.1, 0.15) is 0 Å². The lowest BCUT2D eigenvalue weighted by molar-refractivity contribution is -0.140. The standard InChI is InChI=1S/C14H19NO6S/c1-21-13(16)8-3-2-4-9-15-22(19,20)12-7-5-6-11(10-12)14(17)18/h5-7,10,15H,2-4,8-9H2,1H3,(H,17,18). The number of esters is 1. The van der Waals surface area contributed by atoms with Gasteiger partial charge in [0.25, 0.3) is 0 Å². The van der Waals surface area contributed by atoms with Crippen molar-refractivity contribution in [3.05, 3.63) is 29.8 Å². The van der Waals surface area contributed by atoms with Gasteiger partial charge in [0, 0.05) is 13.0 Å². The van der Waals surface area contributed by atoms with Crippen LogP contribution in [-0.2, 0) is 19.6 Å². The molecule has 0 bridgehead atoms. The van der Waals surface area contributed by atoms with E-state index in [1.54, 1.807) is 0 Å². The SMILES string of the molecule is COC(=O)CCCCCNS(=O)(=O)c1cccc(C(=O)O)c1. The van der Waals surface area contributed by atoms with Crippen LogP contribution in [0.25, 0.3) is 0 Å². The van der Waals surface area contributed by atoms with Crippen LogP contribution in [0.4, 0.5) is 0 Å². The Kier molecular flexibility index (Phi) is 7.00. The van der Waals surface area contributed by atoms with Crippen molar-refractivity contribution in [3.8, 4) is 0 Å². The molecular weight excluding hydrogens is 310 g/mol. The van der Waals surface area contributed by atoms with Gasteiger partial charge in [0.15, 0.2) is 0 Å². The van der Waals surface area contributed by atoms with Crippen molar-refractivity contribution in [2.24, 2.45) is 0 Å². The van der Waals surface area contributed by atoms with E-state index in [0.29, 0.717) is 25.7 Å². The molecule has 122 valence electrons. The van der Waals surface area contributed by atoms with Gasteiger partial charge < -0.3 is 9.84 Å². The predicted octanol–water partition coefficient (Wildman–Crippen LogP) is 1.40. The molecule has 0 unspecified atom stereocenters. The molecule has 0 amide bonds. The molecule has 0 aliphatic carbocycles. The first kappa shape index (κ1) is 18.1. The van der Waals surface area contributed by atoms with Crippen molar-refractivity contribution < 1.29 is 27.9 Å². The highest BCUT2D eigenvalue weighted by Crippen LogP contribution is 2.11. The minimum atomic E-state index is -3.73. The van der Waals surface area contributed by atoms with Gasteiger partial charge in [-0.2, -0.15) is 0 Å². The highest BCUT2D eigenvalue weighted by Gasteiger charge is 2.15. The number of benzene rings is 1. The van der Waals surface area contributed by atoms with Crippen molar-refractivity contribution in [1.82, 2.24) is 4.72 Å². The third-order valence-corrected chi connectivity index (χ3v) is 4.43. The maximum absolute atomic E-state index is 12.0. The van der Waals surface area contributed by atoms with Gasteiger partial charge in [-0.15, -0.1) is 0 Å². The summed E-state index contributed by atoms with van der Waals surface area (Å²) in [5.74, 6) is -1.47. The van der Waals surface area contributed by atoms with Crippen molar-refractivity contribution in [2.75, 3.05) is 13.7 Å². The van der Waals surface area contributed by atoms with Gasteiger partial charge in [-0.25, -0.2) is 17.9 Å². The second-order valence-electron chi connectivity index (χ2n) is 4.62. The number of carboxylic acids is 1. The number of carbonyl (C=O) groups excluding carboxylic acids is 1. The molecule has 1 rings (SSSR count). The van der Waals surface area contributed by atoms with E-state index in [1.807, 2.05) is 0 Å². The first-order valence-electron chi connectivity index (χ1n) is 6.76. The molecule has 0 aliphatic rings. The molecule has 0 heterocycles. The molecular formula is C14H19NO6S. The molecule has 0 spiro atoms. The molecule has 0 atom stereocenters. The monoisotopic (exact) mass is 329 g/mol. The third kappa shape index (κ3) is 5.82. The van der Waals surface area contributed by atoms with E-state index < -0.39 is 16.0 Å². The van der Waals surface area contributed by atoms with Crippen molar-refractivity contribution in [3.63, 3.8) is 0 Å². The van der Waals surface area contributed by atoms with Crippen molar-refractivity contribution >= 4 is 22.0 Å². The number of carbonyl (C=O) groups is 2. The Bertz CT molecular complexity index is 626. The highest BCUT2D eigenvalue weighted by molar-refractivity contribution is 7.89. The van der Waals surface area contributed by atoms with E-state index in [0.717, 1.165) is 6.07 Å². The molecule has 0 saturated heterocycles. The van der Waals surface area contributed by atoms with Crippen LogP contribution >= 0.6 is 0 Å². The molecule has 0 aromatic heterocycles. The number of hydrogen-bond acceptors (Lipinski definition) is 5. The first-order chi connectivity index (χ1) is 10.4. The quantitative estimate of drug-likeness (QED) is 0.523. The van der Waals surface area contributed by atoms with Gasteiger partial charge in [0.05, 0.1) is 17.6 Å². The van der Waals surface area contributed by atoms with E-state index in [4.69, 9.17) is 5.11 Å². The number of carboxylic acid groups (broad SMARTS) is 1. The maximum atomic E-state index is 12.0. The fourth-order valence-corrected chi connectivity index (χ4v) is 2.88. The number of rotatable bonds is 9. The zero-order chi connectivity index (χ0) is 16.6. The van der Waals surface area contributed by atoms with E-state index in [2.05, 4.69) is 9.46 Å². The van der Waals surface area contributed by atoms with Crippen LogP contribution in [0.3, 0.4) is 0 Å². The fourth-order valence-electron chi connectivity index (χ4n) is 1.76. The van der Waals surface area contributed by atoms with Crippen molar-refractivity contribution in [1.29, 1.82) is 0 Å². The number of ether oxygens (including phenoxy) is 1. The van der Waals surface area contributed by atoms with Crippen LogP contribution in [0, 0.1) is 0 Å². The number of unbranched alkanes of at least 4 members (excludes halogenated alkanes) is 2. The van der Waals surface area contributed by atoms with E-state index >= 15 is 0 Å². The zero-order valence-corrected chi connectivity index (χ0v) is 13.1. The van der Waals surface area contributed by atoms with Gasteiger partial charge in [-0.1, -0.05) is 12.5 Å². The van der Waals surface area contributed by atoms with Crippen LogP contribution in [0.5, 0.6) is 0 Å². The van der Waals surface area contributed by atoms with Gasteiger partial charge >= 0.3 is 11.9 Å². The Morgan fingerprint density at radius 2 is 1.95 bits per heavy atom. The summed E-state index contributed by atoms with van der Waals surface area (Å²) in [6, 6.07) is 5.16. The summed E-state index contributed by atoms with van der Waals surface area (Å²) in [6.45, 7) is 0.223. The van der Waals surface area contributed by atoms with Crippen LogP contribution in [-0.4, -0.2) is 39.1 Å². The second-order valence-corrected chi connectivity index (χ2v) is 6.38. The van der Waals surface area contributed by atoms with Crippen LogP contribution in [0.15, 0.2) is 29.2 Å². The highest BCUT2D eigenvalue weighted by atomic mass is 32.2. The Balaban J connectivity index is 2.46. The lowest BCUT2D eigenvalue weighted by Crippen LogP contribution is -2.25. The summed E-state index contributed by atoms with van der Waals surface area (Å²) in [5, 5.41) is 8.86. The molecule has 0 saturated carbocycles. The predicted molar refractivity (Wildman–Crippen MR) is 79.1 cm³/mol. The minimum absolute atomic E-state index is 0.0815. The summed E-state index contributed by atoms with van der Waals surface area (Å²) < 4.78 is 30.9. The third-order valence-electron chi connectivity index (χ3n) is 2.97. The van der Waals surface area contributed by atoms with Gasteiger partial charge in [0.2, 0.25) is 10.0 Å². The Labute approximate surface area is 129 Å². The first-order valence-corrected chi connectivity index (χ1v) is 8.25. The number of aromatic carboxylic acids is 1. The largest absolute Gasteiger partial charge is 0.478 e. The molecule has 7 nitrogen and oxygen atoms in total. The topological polar surface area (TPSA) is 110 Å². The van der Waals surface area contributed by atoms with Crippen LogP contribution in [0.2, 0.25) is 0 Å². The summed E-state index contributed by atoms with van der Waals surface area (Å²) in [7, 11) is -2.41. The lowest BCUT2D eigenvalue weighted by Gasteiger charge is -2.07. The van der Waals surface area contributed by atoms with E-state index in [-0.39, 0.29) is 23.0 Å². The number of hydrogen-bond donors (Lipinski definition) is 2. The minimum Gasteiger partial charge on any atom is -0.478 e. The summed E-state index contributed by atoms with van der Waals surface area (Å²) in [4.78, 5) is 21.7. The smallest absolute Gasteiger partial charge is 0.335 e. The Morgan fingerprint density at radius 3 is 2.59 bits per heavy atom. The number of sulfonamides is 1. The molecule has 0 fully saturated rings. The zero-order valence-electron chi connectivity index (χ0n) is 12.2. The Morgan fingerprint density at radius 1 is 1.23 bits per heavy atom. The van der Waals surface area contributed by atoms with E-state index in [9.17, 15) is 18.0 Å². The van der Waals surface area contributed by atoms with Gasteiger partial charge in [-0.05, 0) is 31.0 Å². The van der Waals surface area contributed by atoms with Crippen LogP contribution in [0.1, 0.15) is 36.0 Å². The van der Waals surface area contributed by atoms with Crippen LogP contribution < -0.4 is 4.72 Å². The van der Waals surface area contributed by atoms with Crippen molar-refractivity contribution in [2.45, 2.75) is 30.6 Å². The molecule has 22 heavy (non-hydrogen) atoms. The molecule has 0 aliphatic heterocycles. The summed E-state index contributed by atoms with van der Waals surface area (Å²) in [6.07, 6.45) is 2.20. The van der Waals surface area contributed by atoms with Gasteiger partial charge in [-0.3, -0.25) is 4.79 Å². The molecule has 1 aromatic rings. The summed E-state index contributed by atoms with van der Waals surface area (Å²) >= 11 is 0. The molecule has 2 N–H and O–H groups in total. The lowest BCUT2D eigenvalue weighted by atomic mass is 10.2. The van der Waals surface area contributed by atoms with E-state index in [1.165, 1.54) is 25.3 Å². The molecule has 0 radical (unpaired) electrons. The average Bonchev–Trinajstić information content (AvgIpc) is 2.50. The summed E-state index contributed by atoms with van der Waals surface area (Å²) in [5.41, 5.74) is -0.0825. The maximum Gasteiger partial charge on any atom is 0.335 e. The number of methoxy groups -OCH3 is 1. The molecule has 8 heteroatoms. The fraction of sp³-hybridized carbons (Fsp3) is 0.429. The average molecular weight is 329 g/mol.